The van der Waals surface area contributed by atoms with Crippen LogP contribution in [-0.2, 0) is 15.9 Å². The first-order valence-corrected chi connectivity index (χ1v) is 7.30. The molecule has 0 bridgehead atoms. The van der Waals surface area contributed by atoms with Crippen molar-refractivity contribution in [2.75, 3.05) is 33.2 Å². The molecule has 1 N–H and O–H groups in total. The Balaban J connectivity index is 2.25. The number of rotatable bonds is 3. The molecule has 1 aromatic rings. The molecule has 1 aromatic heterocycles. The van der Waals surface area contributed by atoms with Crippen molar-refractivity contribution in [2.24, 2.45) is 0 Å². The predicted molar refractivity (Wildman–Crippen MR) is 64.4 cm³/mol. The van der Waals surface area contributed by atoms with Crippen LogP contribution in [-0.4, -0.2) is 61.0 Å². The van der Waals surface area contributed by atoms with E-state index in [1.165, 1.54) is 10.5 Å². The Hall–Kier alpha value is -0.630. The van der Waals surface area contributed by atoms with Gasteiger partial charge >= 0.3 is 0 Å². The van der Waals surface area contributed by atoms with E-state index in [0.29, 0.717) is 18.7 Å². The van der Waals surface area contributed by atoms with Gasteiger partial charge in [-0.1, -0.05) is 0 Å². The summed E-state index contributed by atoms with van der Waals surface area (Å²) in [7, 11) is -1.50. The minimum Gasteiger partial charge on any atom is -0.304 e. The zero-order valence-electron chi connectivity index (χ0n) is 9.56. The molecule has 0 spiro atoms. The normalized spacial score (nSPS) is 19.6. The molecule has 1 aliphatic rings. The van der Waals surface area contributed by atoms with Gasteiger partial charge in [0.2, 0.25) is 0 Å². The Labute approximate surface area is 106 Å². The van der Waals surface area contributed by atoms with Crippen molar-refractivity contribution in [3.8, 4) is 0 Å². The van der Waals surface area contributed by atoms with Gasteiger partial charge in [-0.15, -0.1) is 11.6 Å². The van der Waals surface area contributed by atoms with Crippen LogP contribution in [0.4, 0.5) is 0 Å². The number of nitrogens with zero attached hydrogens (tertiary/aromatic N) is 3. The van der Waals surface area contributed by atoms with E-state index in [-0.39, 0.29) is 10.9 Å². The number of aromatic nitrogens is 2. The summed E-state index contributed by atoms with van der Waals surface area (Å²) in [5.41, 5.74) is 0.519. The molecule has 0 aliphatic carbocycles. The van der Waals surface area contributed by atoms with Crippen molar-refractivity contribution in [3.63, 3.8) is 0 Å². The summed E-state index contributed by atoms with van der Waals surface area (Å²) in [6.07, 6.45) is 1.45. The Morgan fingerprint density at radius 1 is 1.41 bits per heavy atom. The lowest BCUT2D eigenvalue weighted by Gasteiger charge is -2.31. The van der Waals surface area contributed by atoms with Gasteiger partial charge in [-0.25, -0.2) is 8.42 Å². The van der Waals surface area contributed by atoms with Crippen LogP contribution >= 0.6 is 11.6 Å². The quantitative estimate of drug-likeness (QED) is 0.796. The summed E-state index contributed by atoms with van der Waals surface area (Å²) in [6.45, 7) is 2.48. The van der Waals surface area contributed by atoms with Gasteiger partial charge < -0.3 is 4.90 Å². The minimum absolute atomic E-state index is 0.122. The molecule has 0 saturated carbocycles. The van der Waals surface area contributed by atoms with Crippen molar-refractivity contribution in [3.05, 3.63) is 11.8 Å². The molecular weight excluding hydrogens is 264 g/mol. The molecule has 8 heteroatoms. The first-order chi connectivity index (χ1) is 8.05. The second-order valence-corrected chi connectivity index (χ2v) is 6.21. The number of hydrogen-bond acceptors (Lipinski definition) is 4. The maximum absolute atomic E-state index is 12.3. The smallest absolute Gasteiger partial charge is 0.260 e. The Kier molecular flexibility index (Phi) is 3.72. The van der Waals surface area contributed by atoms with E-state index in [4.69, 9.17) is 11.6 Å². The van der Waals surface area contributed by atoms with Gasteiger partial charge in [0.25, 0.3) is 10.0 Å². The summed E-state index contributed by atoms with van der Waals surface area (Å²) < 4.78 is 26.1. The fourth-order valence-corrected chi connectivity index (χ4v) is 3.58. The highest BCUT2D eigenvalue weighted by Crippen LogP contribution is 2.19. The van der Waals surface area contributed by atoms with Gasteiger partial charge in [0.05, 0.1) is 12.1 Å². The molecule has 1 aliphatic heterocycles. The lowest BCUT2D eigenvalue weighted by Crippen LogP contribution is -2.47. The number of nitrogens with one attached hydrogen (secondary N) is 1. The first-order valence-electron chi connectivity index (χ1n) is 5.32. The monoisotopic (exact) mass is 278 g/mol. The van der Waals surface area contributed by atoms with Crippen LogP contribution in [0.3, 0.4) is 0 Å². The lowest BCUT2D eigenvalue weighted by molar-refractivity contribution is 0.222. The molecule has 0 unspecified atom stereocenters. The van der Waals surface area contributed by atoms with Crippen LogP contribution in [0.25, 0.3) is 0 Å². The zero-order valence-corrected chi connectivity index (χ0v) is 11.1. The average molecular weight is 279 g/mol. The number of likely N-dealkylation sites (N-methyl/N-ethyl adjacent to an activating group) is 1. The second-order valence-electron chi connectivity index (χ2n) is 4.07. The fourth-order valence-electron chi connectivity index (χ4n) is 1.78. The van der Waals surface area contributed by atoms with Gasteiger partial charge in [0.1, 0.15) is 0 Å². The average Bonchev–Trinajstić information content (AvgIpc) is 2.78. The maximum Gasteiger partial charge on any atom is 0.260 e. The molecule has 1 saturated heterocycles. The van der Waals surface area contributed by atoms with Gasteiger partial charge in [0, 0.05) is 31.7 Å². The number of aromatic amines is 1. The van der Waals surface area contributed by atoms with Gasteiger partial charge in [0.15, 0.2) is 5.03 Å². The van der Waals surface area contributed by atoms with Crippen LogP contribution in [0, 0.1) is 0 Å². The Bertz CT molecular complexity index is 479. The van der Waals surface area contributed by atoms with Crippen molar-refractivity contribution in [2.45, 2.75) is 10.9 Å². The van der Waals surface area contributed by atoms with Crippen LogP contribution in [0.2, 0.25) is 0 Å². The van der Waals surface area contributed by atoms with E-state index in [9.17, 15) is 8.42 Å². The van der Waals surface area contributed by atoms with Crippen molar-refractivity contribution >= 4 is 21.6 Å². The number of piperazine rings is 1. The third kappa shape index (κ3) is 2.47. The molecule has 6 nitrogen and oxygen atoms in total. The van der Waals surface area contributed by atoms with E-state index in [1.807, 2.05) is 7.05 Å². The van der Waals surface area contributed by atoms with Crippen LogP contribution in [0.5, 0.6) is 0 Å². The van der Waals surface area contributed by atoms with Crippen molar-refractivity contribution in [1.29, 1.82) is 0 Å². The summed E-state index contributed by atoms with van der Waals surface area (Å²) >= 11 is 5.69. The molecule has 0 aromatic carbocycles. The predicted octanol–water partition coefficient (Wildman–Crippen LogP) is 0.0846. The molecule has 2 rings (SSSR count). The molecule has 0 amide bonds. The lowest BCUT2D eigenvalue weighted by atomic mass is 10.4. The molecule has 17 heavy (non-hydrogen) atoms. The van der Waals surface area contributed by atoms with E-state index in [0.717, 1.165) is 13.1 Å². The van der Waals surface area contributed by atoms with Crippen LogP contribution in [0.1, 0.15) is 5.56 Å². The number of sulfonamides is 1. The molecular formula is C9H15ClN4O2S. The first kappa shape index (κ1) is 12.8. The highest BCUT2D eigenvalue weighted by molar-refractivity contribution is 7.89. The third-order valence-electron chi connectivity index (χ3n) is 2.88. The standard InChI is InChI=1S/C9H15ClN4O2S/c1-13-2-4-14(5-3-13)17(15,16)9-8(6-10)7-11-12-9/h7H,2-6H2,1H3,(H,11,12). The largest absolute Gasteiger partial charge is 0.304 e. The number of hydrogen-bond donors (Lipinski definition) is 1. The summed E-state index contributed by atoms with van der Waals surface area (Å²) in [4.78, 5) is 2.10. The van der Waals surface area contributed by atoms with E-state index in [1.54, 1.807) is 0 Å². The molecule has 96 valence electrons. The van der Waals surface area contributed by atoms with E-state index in [2.05, 4.69) is 15.1 Å². The topological polar surface area (TPSA) is 69.3 Å². The Morgan fingerprint density at radius 3 is 2.65 bits per heavy atom. The van der Waals surface area contributed by atoms with E-state index >= 15 is 0 Å². The minimum atomic E-state index is -3.48. The highest BCUT2D eigenvalue weighted by atomic mass is 35.5. The summed E-state index contributed by atoms with van der Waals surface area (Å²) in [6, 6.07) is 0. The fraction of sp³-hybridized carbons (Fsp3) is 0.667. The molecule has 2 heterocycles. The highest BCUT2D eigenvalue weighted by Gasteiger charge is 2.30. The van der Waals surface area contributed by atoms with Crippen LogP contribution < -0.4 is 0 Å². The molecule has 0 radical (unpaired) electrons. The van der Waals surface area contributed by atoms with Gasteiger partial charge in [-0.2, -0.15) is 9.40 Å². The number of H-pyrrole nitrogens is 1. The SMILES string of the molecule is CN1CCN(S(=O)(=O)c2[nH]ncc2CCl)CC1. The molecule has 0 atom stereocenters. The summed E-state index contributed by atoms with van der Waals surface area (Å²) in [5, 5.41) is 6.39. The third-order valence-corrected chi connectivity index (χ3v) is 5.08. The van der Waals surface area contributed by atoms with E-state index < -0.39 is 10.0 Å². The van der Waals surface area contributed by atoms with Gasteiger partial charge in [-0.3, -0.25) is 5.10 Å². The summed E-state index contributed by atoms with van der Waals surface area (Å²) in [5.74, 6) is 0.138. The number of halogens is 1. The molecule has 1 fully saturated rings. The maximum atomic E-state index is 12.3. The Morgan fingerprint density at radius 2 is 2.06 bits per heavy atom. The van der Waals surface area contributed by atoms with Crippen molar-refractivity contribution in [1.82, 2.24) is 19.4 Å². The zero-order chi connectivity index (χ0) is 12.5. The van der Waals surface area contributed by atoms with Crippen LogP contribution in [0.15, 0.2) is 11.2 Å². The number of alkyl halides is 1. The van der Waals surface area contributed by atoms with Crippen molar-refractivity contribution < 1.29 is 8.42 Å². The second kappa shape index (κ2) is 4.93. The van der Waals surface area contributed by atoms with Gasteiger partial charge in [-0.05, 0) is 7.05 Å².